The van der Waals surface area contributed by atoms with E-state index in [4.69, 9.17) is 0 Å². The highest BCUT2D eigenvalue weighted by Crippen LogP contribution is 2.29. The molecule has 1 aliphatic carbocycles. The normalized spacial score (nSPS) is 23.9. The number of piperazine rings is 1. The van der Waals surface area contributed by atoms with Gasteiger partial charge in [-0.15, -0.1) is 0 Å². The minimum atomic E-state index is -3.50. The van der Waals surface area contributed by atoms with E-state index in [9.17, 15) is 18.0 Å². The first kappa shape index (κ1) is 23.7. The molecule has 3 rings (SSSR count). The molecule has 1 atom stereocenters. The molecule has 1 saturated heterocycles. The Labute approximate surface area is 185 Å². The molecule has 0 spiro atoms. The summed E-state index contributed by atoms with van der Waals surface area (Å²) >= 11 is 0. The average molecular weight is 451 g/mol. The number of hydrogen-bond donors (Lipinski definition) is 2. The molecule has 1 aromatic rings. The molecule has 2 fully saturated rings. The van der Waals surface area contributed by atoms with Gasteiger partial charge in [0.15, 0.2) is 0 Å². The van der Waals surface area contributed by atoms with Gasteiger partial charge in [0.05, 0.1) is 4.90 Å². The van der Waals surface area contributed by atoms with Gasteiger partial charge in [0.2, 0.25) is 21.8 Å². The Bertz CT molecular complexity index is 846. The van der Waals surface area contributed by atoms with E-state index in [1.165, 1.54) is 0 Å². The monoisotopic (exact) mass is 450 g/mol. The van der Waals surface area contributed by atoms with Gasteiger partial charge in [-0.2, -0.15) is 0 Å². The third-order valence-electron chi connectivity index (χ3n) is 6.38. The summed E-state index contributed by atoms with van der Waals surface area (Å²) in [6, 6.07) is 7.82. The molecule has 0 bridgehead atoms. The van der Waals surface area contributed by atoms with Crippen LogP contribution in [-0.4, -0.2) is 75.8 Å². The molecular weight excluding hydrogens is 416 g/mol. The molecule has 1 aliphatic heterocycles. The zero-order chi connectivity index (χ0) is 22.4. The molecule has 172 valence electrons. The van der Waals surface area contributed by atoms with E-state index in [1.807, 2.05) is 11.9 Å². The fourth-order valence-corrected chi connectivity index (χ4v) is 5.37. The first-order chi connectivity index (χ1) is 14.8. The van der Waals surface area contributed by atoms with Crippen molar-refractivity contribution >= 4 is 21.8 Å². The first-order valence-corrected chi connectivity index (χ1v) is 12.6. The highest BCUT2D eigenvalue weighted by molar-refractivity contribution is 7.89. The molecule has 2 amide bonds. The van der Waals surface area contributed by atoms with Crippen LogP contribution in [0.1, 0.15) is 32.6 Å². The van der Waals surface area contributed by atoms with Crippen LogP contribution >= 0.6 is 0 Å². The van der Waals surface area contributed by atoms with Gasteiger partial charge in [-0.25, -0.2) is 13.1 Å². The highest BCUT2D eigenvalue weighted by Gasteiger charge is 2.30. The van der Waals surface area contributed by atoms with Crippen LogP contribution in [0.5, 0.6) is 0 Å². The number of hydrogen-bond acceptors (Lipinski definition) is 5. The maximum Gasteiger partial charge on any atom is 0.244 e. The summed E-state index contributed by atoms with van der Waals surface area (Å²) < 4.78 is 27.4. The second-order valence-electron chi connectivity index (χ2n) is 8.74. The fraction of sp³-hybridized carbons (Fsp3) is 0.636. The molecule has 31 heavy (non-hydrogen) atoms. The smallest absolute Gasteiger partial charge is 0.244 e. The van der Waals surface area contributed by atoms with Gasteiger partial charge >= 0.3 is 0 Å². The van der Waals surface area contributed by atoms with Crippen LogP contribution < -0.4 is 10.0 Å². The van der Waals surface area contributed by atoms with Crippen molar-refractivity contribution in [1.82, 2.24) is 19.8 Å². The fourth-order valence-electron chi connectivity index (χ4n) is 4.23. The van der Waals surface area contributed by atoms with E-state index in [0.717, 1.165) is 25.9 Å². The van der Waals surface area contributed by atoms with E-state index < -0.39 is 16.1 Å². The number of nitrogens with zero attached hydrogens (tertiary/aromatic N) is 2. The van der Waals surface area contributed by atoms with Gasteiger partial charge in [0.1, 0.15) is 6.04 Å². The molecule has 2 aliphatic rings. The van der Waals surface area contributed by atoms with Crippen molar-refractivity contribution in [3.63, 3.8) is 0 Å². The first-order valence-electron chi connectivity index (χ1n) is 11.1. The lowest BCUT2D eigenvalue weighted by Crippen LogP contribution is -2.54. The van der Waals surface area contributed by atoms with Gasteiger partial charge in [-0.1, -0.05) is 18.2 Å². The molecule has 0 radical (unpaired) electrons. The van der Waals surface area contributed by atoms with Crippen LogP contribution in [0.25, 0.3) is 0 Å². The van der Waals surface area contributed by atoms with Gasteiger partial charge < -0.3 is 15.1 Å². The Hall–Kier alpha value is -1.97. The van der Waals surface area contributed by atoms with Gasteiger partial charge in [0.25, 0.3) is 0 Å². The Morgan fingerprint density at radius 3 is 2.26 bits per heavy atom. The lowest BCUT2D eigenvalue weighted by atomic mass is 9.81. The van der Waals surface area contributed by atoms with Crippen LogP contribution in [0.3, 0.4) is 0 Å². The maximum absolute atomic E-state index is 12.7. The lowest BCUT2D eigenvalue weighted by Gasteiger charge is -2.34. The van der Waals surface area contributed by atoms with Gasteiger partial charge in [-0.3, -0.25) is 9.59 Å². The van der Waals surface area contributed by atoms with E-state index in [-0.39, 0.29) is 28.5 Å². The number of likely N-dealkylation sites (N-methyl/N-ethyl adjacent to an activating group) is 1. The molecule has 2 N–H and O–H groups in total. The second-order valence-corrected chi connectivity index (χ2v) is 10.5. The number of benzene rings is 1. The lowest BCUT2D eigenvalue weighted by molar-refractivity contribution is -0.138. The molecule has 1 aromatic carbocycles. The van der Waals surface area contributed by atoms with Crippen molar-refractivity contribution < 1.29 is 18.0 Å². The summed E-state index contributed by atoms with van der Waals surface area (Å²) in [5, 5.41) is 2.90. The number of carbonyl (C=O) groups excluding carboxylic acids is 2. The molecular formula is C22H34N4O4S. The van der Waals surface area contributed by atoms with Crippen molar-refractivity contribution in [3.8, 4) is 0 Å². The van der Waals surface area contributed by atoms with Crippen LogP contribution in [0, 0.1) is 11.8 Å². The van der Waals surface area contributed by atoms with Gasteiger partial charge in [-0.05, 0) is 57.7 Å². The van der Waals surface area contributed by atoms with Crippen molar-refractivity contribution in [3.05, 3.63) is 30.3 Å². The average Bonchev–Trinajstić information content (AvgIpc) is 2.78. The Balaban J connectivity index is 1.41. The number of carbonyl (C=O) groups is 2. The molecule has 1 heterocycles. The zero-order valence-corrected chi connectivity index (χ0v) is 19.2. The highest BCUT2D eigenvalue weighted by atomic mass is 32.2. The summed E-state index contributed by atoms with van der Waals surface area (Å²) in [6.45, 7) is 5.22. The topological polar surface area (TPSA) is 98.8 Å². The van der Waals surface area contributed by atoms with Crippen LogP contribution in [0.15, 0.2) is 35.2 Å². The molecule has 0 unspecified atom stereocenters. The van der Waals surface area contributed by atoms with Crippen LogP contribution in [-0.2, 0) is 19.6 Å². The minimum absolute atomic E-state index is 0.0227. The third kappa shape index (κ3) is 6.51. The van der Waals surface area contributed by atoms with Crippen molar-refractivity contribution in [2.45, 2.75) is 43.5 Å². The Morgan fingerprint density at radius 2 is 1.65 bits per heavy atom. The minimum Gasteiger partial charge on any atom is -0.344 e. The standard InChI is InChI=1S/C22H34N4O4S/c1-17(22(28)26-14-12-25(2)13-15-26)24-21(27)19-10-8-18(9-11-19)16-23-31(29,30)20-6-4-3-5-7-20/h3-7,17-19,23H,8-16H2,1-2H3,(H,24,27)/t17-,18?,19?/m1/s1. The Kier molecular flexibility index (Phi) is 8.07. The summed E-state index contributed by atoms with van der Waals surface area (Å²) in [7, 11) is -1.47. The van der Waals surface area contributed by atoms with E-state index in [2.05, 4.69) is 14.9 Å². The SMILES string of the molecule is C[C@@H](NC(=O)C1CCC(CNS(=O)(=O)c2ccccc2)CC1)C(=O)N1CCN(C)CC1. The number of amides is 2. The quantitative estimate of drug-likeness (QED) is 0.647. The number of sulfonamides is 1. The van der Waals surface area contributed by atoms with Gasteiger partial charge in [0, 0.05) is 38.6 Å². The second kappa shape index (κ2) is 10.6. The zero-order valence-electron chi connectivity index (χ0n) is 18.4. The van der Waals surface area contributed by atoms with Crippen LogP contribution in [0.2, 0.25) is 0 Å². The summed E-state index contributed by atoms with van der Waals surface area (Å²) in [6.07, 6.45) is 2.99. The largest absolute Gasteiger partial charge is 0.344 e. The summed E-state index contributed by atoms with van der Waals surface area (Å²) in [4.78, 5) is 29.5. The van der Waals surface area contributed by atoms with Crippen LogP contribution in [0.4, 0.5) is 0 Å². The maximum atomic E-state index is 12.7. The summed E-state index contributed by atoms with van der Waals surface area (Å²) in [5.41, 5.74) is 0. The Morgan fingerprint density at radius 1 is 1.03 bits per heavy atom. The van der Waals surface area contributed by atoms with E-state index in [1.54, 1.807) is 37.3 Å². The predicted molar refractivity (Wildman–Crippen MR) is 119 cm³/mol. The van der Waals surface area contributed by atoms with E-state index in [0.29, 0.717) is 32.5 Å². The van der Waals surface area contributed by atoms with Crippen molar-refractivity contribution in [2.24, 2.45) is 11.8 Å². The predicted octanol–water partition coefficient (Wildman–Crippen LogP) is 1.05. The number of nitrogens with one attached hydrogen (secondary N) is 2. The third-order valence-corrected chi connectivity index (χ3v) is 7.82. The van der Waals surface area contributed by atoms with Crippen molar-refractivity contribution in [1.29, 1.82) is 0 Å². The molecule has 1 saturated carbocycles. The molecule has 8 nitrogen and oxygen atoms in total. The summed E-state index contributed by atoms with van der Waals surface area (Å²) in [5.74, 6) is 0.000371. The molecule has 0 aromatic heterocycles. The number of rotatable bonds is 7. The van der Waals surface area contributed by atoms with Crippen molar-refractivity contribution in [2.75, 3.05) is 39.8 Å². The van der Waals surface area contributed by atoms with E-state index >= 15 is 0 Å². The molecule has 9 heteroatoms.